The minimum absolute atomic E-state index is 0.459. The summed E-state index contributed by atoms with van der Waals surface area (Å²) in [4.78, 5) is 2.47. The summed E-state index contributed by atoms with van der Waals surface area (Å²) in [6, 6.07) is 0.459. The molecular formula is C14H26N4. The van der Waals surface area contributed by atoms with Crippen molar-refractivity contribution in [1.82, 2.24) is 20.0 Å². The molecule has 1 fully saturated rings. The van der Waals surface area contributed by atoms with Crippen molar-refractivity contribution in [3.05, 3.63) is 18.0 Å². The van der Waals surface area contributed by atoms with Crippen LogP contribution in [0, 0.1) is 5.92 Å². The zero-order valence-corrected chi connectivity index (χ0v) is 11.9. The van der Waals surface area contributed by atoms with Crippen molar-refractivity contribution in [3.63, 3.8) is 0 Å². The average molecular weight is 250 g/mol. The lowest BCUT2D eigenvalue weighted by Crippen LogP contribution is -2.35. The van der Waals surface area contributed by atoms with E-state index in [1.54, 1.807) is 0 Å². The SMILES string of the molecule is CCn1cc(C(C)N(C)CC2CCNCC2)cn1. The van der Waals surface area contributed by atoms with E-state index in [-0.39, 0.29) is 0 Å². The Morgan fingerprint density at radius 2 is 2.22 bits per heavy atom. The van der Waals surface area contributed by atoms with Crippen LogP contribution in [0.15, 0.2) is 12.4 Å². The normalized spacial score (nSPS) is 19.3. The van der Waals surface area contributed by atoms with Crippen LogP contribution in [0.3, 0.4) is 0 Å². The van der Waals surface area contributed by atoms with Gasteiger partial charge in [0.05, 0.1) is 6.20 Å². The van der Waals surface area contributed by atoms with Crippen LogP contribution in [0.25, 0.3) is 0 Å². The Morgan fingerprint density at radius 3 is 2.83 bits per heavy atom. The number of nitrogens with zero attached hydrogens (tertiary/aromatic N) is 3. The smallest absolute Gasteiger partial charge is 0.0537 e. The van der Waals surface area contributed by atoms with Gasteiger partial charge in [-0.05, 0) is 52.7 Å². The highest BCUT2D eigenvalue weighted by molar-refractivity contribution is 5.09. The molecule has 0 aliphatic carbocycles. The number of aromatic nitrogens is 2. The summed E-state index contributed by atoms with van der Waals surface area (Å²) >= 11 is 0. The van der Waals surface area contributed by atoms with Crippen LogP contribution in [0.1, 0.15) is 38.3 Å². The second-order valence-corrected chi connectivity index (χ2v) is 5.44. The lowest BCUT2D eigenvalue weighted by molar-refractivity contribution is 0.196. The first-order chi connectivity index (χ1) is 8.70. The highest BCUT2D eigenvalue weighted by atomic mass is 15.3. The summed E-state index contributed by atoms with van der Waals surface area (Å²) < 4.78 is 2.00. The zero-order chi connectivity index (χ0) is 13.0. The summed E-state index contributed by atoms with van der Waals surface area (Å²) in [5, 5.41) is 7.79. The Bertz CT molecular complexity index is 354. The molecule has 1 aromatic rings. The van der Waals surface area contributed by atoms with E-state index in [4.69, 9.17) is 0 Å². The zero-order valence-electron chi connectivity index (χ0n) is 11.9. The second kappa shape index (κ2) is 6.34. The van der Waals surface area contributed by atoms with Crippen molar-refractivity contribution in [1.29, 1.82) is 0 Å². The van der Waals surface area contributed by atoms with Crippen LogP contribution in [0.2, 0.25) is 0 Å². The number of hydrogen-bond donors (Lipinski definition) is 1. The van der Waals surface area contributed by atoms with Crippen LogP contribution in [-0.4, -0.2) is 41.4 Å². The van der Waals surface area contributed by atoms with Gasteiger partial charge in [0, 0.05) is 30.9 Å². The molecule has 102 valence electrons. The molecule has 2 heterocycles. The van der Waals surface area contributed by atoms with E-state index in [0.717, 1.165) is 12.5 Å². The monoisotopic (exact) mass is 250 g/mol. The highest BCUT2D eigenvalue weighted by Gasteiger charge is 2.19. The molecule has 0 spiro atoms. The molecule has 1 aliphatic rings. The van der Waals surface area contributed by atoms with Gasteiger partial charge in [-0.2, -0.15) is 5.10 Å². The van der Waals surface area contributed by atoms with Crippen molar-refractivity contribution < 1.29 is 0 Å². The Hall–Kier alpha value is -0.870. The lowest BCUT2D eigenvalue weighted by atomic mass is 9.97. The maximum atomic E-state index is 4.36. The molecule has 1 N–H and O–H groups in total. The molecular weight excluding hydrogens is 224 g/mol. The summed E-state index contributed by atoms with van der Waals surface area (Å²) in [5.74, 6) is 0.847. The highest BCUT2D eigenvalue weighted by Crippen LogP contribution is 2.21. The quantitative estimate of drug-likeness (QED) is 0.866. The Morgan fingerprint density at radius 1 is 1.50 bits per heavy atom. The van der Waals surface area contributed by atoms with Crippen LogP contribution in [-0.2, 0) is 6.54 Å². The number of nitrogens with one attached hydrogen (secondary N) is 1. The fraction of sp³-hybridized carbons (Fsp3) is 0.786. The van der Waals surface area contributed by atoms with Gasteiger partial charge in [0.25, 0.3) is 0 Å². The van der Waals surface area contributed by atoms with E-state index in [1.165, 1.54) is 38.0 Å². The number of rotatable bonds is 5. The Kier molecular flexibility index (Phi) is 4.78. The largest absolute Gasteiger partial charge is 0.317 e. The first kappa shape index (κ1) is 13.6. The molecule has 0 bridgehead atoms. The number of piperidine rings is 1. The van der Waals surface area contributed by atoms with Gasteiger partial charge in [0.2, 0.25) is 0 Å². The molecule has 1 atom stereocenters. The van der Waals surface area contributed by atoms with Crippen molar-refractivity contribution in [3.8, 4) is 0 Å². The fourth-order valence-corrected chi connectivity index (χ4v) is 2.65. The molecule has 2 rings (SSSR count). The Balaban J connectivity index is 1.88. The molecule has 4 nitrogen and oxygen atoms in total. The number of hydrogen-bond acceptors (Lipinski definition) is 3. The Labute approximate surface area is 110 Å². The van der Waals surface area contributed by atoms with Gasteiger partial charge in [-0.15, -0.1) is 0 Å². The summed E-state index contributed by atoms with van der Waals surface area (Å²) in [7, 11) is 2.23. The molecule has 0 saturated carbocycles. The van der Waals surface area contributed by atoms with E-state index < -0.39 is 0 Å². The van der Waals surface area contributed by atoms with Gasteiger partial charge < -0.3 is 5.32 Å². The minimum Gasteiger partial charge on any atom is -0.317 e. The summed E-state index contributed by atoms with van der Waals surface area (Å²) in [6.45, 7) is 8.91. The fourth-order valence-electron chi connectivity index (χ4n) is 2.65. The molecule has 0 radical (unpaired) electrons. The molecule has 4 heteroatoms. The minimum atomic E-state index is 0.459. The molecule has 1 unspecified atom stereocenters. The van der Waals surface area contributed by atoms with Crippen LogP contribution < -0.4 is 5.32 Å². The van der Waals surface area contributed by atoms with Gasteiger partial charge in [-0.1, -0.05) is 0 Å². The predicted octanol–water partition coefficient (Wildman–Crippen LogP) is 1.90. The van der Waals surface area contributed by atoms with Gasteiger partial charge in [-0.3, -0.25) is 9.58 Å². The van der Waals surface area contributed by atoms with E-state index in [1.807, 2.05) is 10.9 Å². The number of aryl methyl sites for hydroxylation is 1. The molecule has 1 aliphatic heterocycles. The van der Waals surface area contributed by atoms with Crippen LogP contribution in [0.5, 0.6) is 0 Å². The van der Waals surface area contributed by atoms with E-state index in [2.05, 4.69) is 42.4 Å². The molecule has 1 aromatic heterocycles. The topological polar surface area (TPSA) is 33.1 Å². The first-order valence-corrected chi connectivity index (χ1v) is 7.14. The summed E-state index contributed by atoms with van der Waals surface area (Å²) in [6.07, 6.45) is 6.80. The molecule has 0 aromatic carbocycles. The summed E-state index contributed by atoms with van der Waals surface area (Å²) in [5.41, 5.74) is 1.33. The van der Waals surface area contributed by atoms with Crippen LogP contribution >= 0.6 is 0 Å². The second-order valence-electron chi connectivity index (χ2n) is 5.44. The van der Waals surface area contributed by atoms with Gasteiger partial charge in [0.15, 0.2) is 0 Å². The third kappa shape index (κ3) is 3.33. The van der Waals surface area contributed by atoms with Crippen molar-refractivity contribution in [2.45, 2.75) is 39.3 Å². The van der Waals surface area contributed by atoms with E-state index in [9.17, 15) is 0 Å². The average Bonchev–Trinajstić information content (AvgIpc) is 2.87. The van der Waals surface area contributed by atoms with E-state index in [0.29, 0.717) is 6.04 Å². The third-order valence-electron chi connectivity index (χ3n) is 4.13. The van der Waals surface area contributed by atoms with Gasteiger partial charge >= 0.3 is 0 Å². The molecule has 1 saturated heterocycles. The van der Waals surface area contributed by atoms with Crippen molar-refractivity contribution in [2.24, 2.45) is 5.92 Å². The predicted molar refractivity (Wildman–Crippen MR) is 74.5 cm³/mol. The third-order valence-corrected chi connectivity index (χ3v) is 4.13. The molecule has 0 amide bonds. The maximum Gasteiger partial charge on any atom is 0.0537 e. The van der Waals surface area contributed by atoms with Crippen LogP contribution in [0.4, 0.5) is 0 Å². The first-order valence-electron chi connectivity index (χ1n) is 7.14. The van der Waals surface area contributed by atoms with E-state index >= 15 is 0 Å². The lowest BCUT2D eigenvalue weighted by Gasteiger charge is -2.30. The van der Waals surface area contributed by atoms with Gasteiger partial charge in [0.1, 0.15) is 0 Å². The van der Waals surface area contributed by atoms with Gasteiger partial charge in [-0.25, -0.2) is 0 Å². The standard InChI is InChI=1S/C14H26N4/c1-4-18-11-14(9-16-18)12(2)17(3)10-13-5-7-15-8-6-13/h9,11-13,15H,4-8,10H2,1-3H3. The van der Waals surface area contributed by atoms with Crippen molar-refractivity contribution >= 4 is 0 Å². The maximum absolute atomic E-state index is 4.36. The molecule has 18 heavy (non-hydrogen) atoms. The van der Waals surface area contributed by atoms with Crippen molar-refractivity contribution in [2.75, 3.05) is 26.7 Å².